The predicted octanol–water partition coefficient (Wildman–Crippen LogP) is 3.60. The molecule has 2 aromatic carbocycles. The molecule has 3 aromatic rings. The zero-order valence-electron chi connectivity index (χ0n) is 16.5. The van der Waals surface area contributed by atoms with Gasteiger partial charge < -0.3 is 9.64 Å². The number of thiazole rings is 1. The fourth-order valence-corrected chi connectivity index (χ4v) is 5.34. The first-order valence-corrected chi connectivity index (χ1v) is 12.3. The molecule has 0 bridgehead atoms. The van der Waals surface area contributed by atoms with Crippen molar-refractivity contribution in [1.82, 2.24) is 14.2 Å². The number of fused-ring (bicyclic) bond motifs is 1. The van der Waals surface area contributed by atoms with Gasteiger partial charge in [-0.1, -0.05) is 35.6 Å². The molecule has 0 atom stereocenters. The molecule has 8 heteroatoms. The predicted molar refractivity (Wildman–Crippen MR) is 117 cm³/mol. The van der Waals surface area contributed by atoms with Crippen LogP contribution in [0, 0.1) is 0 Å². The summed E-state index contributed by atoms with van der Waals surface area (Å²) in [5.41, 5.74) is 2.20. The summed E-state index contributed by atoms with van der Waals surface area (Å²) in [6, 6.07) is 16.1. The van der Waals surface area contributed by atoms with Crippen molar-refractivity contribution in [2.75, 3.05) is 38.5 Å². The Balaban J connectivity index is 1.28. The van der Waals surface area contributed by atoms with Gasteiger partial charge >= 0.3 is 0 Å². The lowest BCUT2D eigenvalue weighted by Gasteiger charge is -2.33. The molecule has 1 aromatic heterocycles. The number of piperazine rings is 1. The van der Waals surface area contributed by atoms with Gasteiger partial charge in [0.15, 0.2) is 0 Å². The van der Waals surface area contributed by atoms with Gasteiger partial charge in [-0.05, 0) is 43.2 Å². The molecule has 0 aliphatic carbocycles. The third-order valence-corrected chi connectivity index (χ3v) is 8.00. The zero-order chi connectivity index (χ0) is 20.3. The molecule has 1 saturated heterocycles. The Morgan fingerprint density at radius 3 is 2.45 bits per heavy atom. The van der Waals surface area contributed by atoms with Crippen LogP contribution in [0.4, 0.5) is 0 Å². The van der Waals surface area contributed by atoms with Crippen LogP contribution < -0.4 is 4.74 Å². The van der Waals surface area contributed by atoms with Crippen LogP contribution in [0.1, 0.15) is 12.5 Å². The lowest BCUT2D eigenvalue weighted by atomic mass is 10.1. The highest BCUT2D eigenvalue weighted by Crippen LogP contribution is 2.31. The summed E-state index contributed by atoms with van der Waals surface area (Å²) in [5, 5.41) is 0.652. The van der Waals surface area contributed by atoms with Gasteiger partial charge in [0.2, 0.25) is 10.0 Å². The maximum atomic E-state index is 11.9. The topological polar surface area (TPSA) is 62.7 Å². The summed E-state index contributed by atoms with van der Waals surface area (Å²) in [6.45, 7) is 5.39. The molecule has 0 N–H and O–H groups in total. The number of rotatable bonds is 7. The summed E-state index contributed by atoms with van der Waals surface area (Å²) in [5.74, 6) is 0.963. The van der Waals surface area contributed by atoms with Crippen molar-refractivity contribution in [2.24, 2.45) is 0 Å². The van der Waals surface area contributed by atoms with Crippen molar-refractivity contribution in [3.05, 3.63) is 54.1 Å². The summed E-state index contributed by atoms with van der Waals surface area (Å²) in [4.78, 5) is 6.83. The molecule has 0 amide bonds. The number of hydrogen-bond acceptors (Lipinski definition) is 6. The smallest absolute Gasteiger partial charge is 0.279 e. The standard InChI is InChI=1S/C21H25N3O3S2/c1-2-29(25,26)24-15-13-23(14-16-24)12-11-17-7-9-18(10-8-17)27-21-22-19-5-3-4-6-20(19)28-21/h3-10H,2,11-16H2,1H3. The van der Waals surface area contributed by atoms with E-state index in [1.807, 2.05) is 36.4 Å². The van der Waals surface area contributed by atoms with Crippen LogP contribution in [0.2, 0.25) is 0 Å². The van der Waals surface area contributed by atoms with Gasteiger partial charge in [-0.3, -0.25) is 0 Å². The van der Waals surface area contributed by atoms with E-state index in [1.54, 1.807) is 22.6 Å². The second kappa shape index (κ2) is 8.79. The first-order valence-electron chi connectivity index (χ1n) is 9.86. The molecule has 0 unspecified atom stereocenters. The average molecular weight is 432 g/mol. The van der Waals surface area contributed by atoms with Crippen molar-refractivity contribution >= 4 is 31.6 Å². The largest absolute Gasteiger partial charge is 0.431 e. The average Bonchev–Trinajstić information content (AvgIpc) is 3.16. The molecule has 6 nitrogen and oxygen atoms in total. The molecule has 154 valence electrons. The number of nitrogens with zero attached hydrogens (tertiary/aromatic N) is 3. The zero-order valence-corrected chi connectivity index (χ0v) is 18.1. The van der Waals surface area contributed by atoms with E-state index in [0.29, 0.717) is 18.3 Å². The normalized spacial score (nSPS) is 16.3. The van der Waals surface area contributed by atoms with Gasteiger partial charge in [0.05, 0.1) is 16.0 Å². The Morgan fingerprint density at radius 2 is 1.76 bits per heavy atom. The van der Waals surface area contributed by atoms with E-state index in [-0.39, 0.29) is 5.75 Å². The van der Waals surface area contributed by atoms with Crippen LogP contribution in [-0.2, 0) is 16.4 Å². The number of sulfonamides is 1. The first kappa shape index (κ1) is 20.3. The Labute approximate surface area is 175 Å². The van der Waals surface area contributed by atoms with Crippen LogP contribution in [0.5, 0.6) is 10.9 Å². The van der Waals surface area contributed by atoms with Crippen LogP contribution in [0.3, 0.4) is 0 Å². The van der Waals surface area contributed by atoms with Crippen LogP contribution in [0.15, 0.2) is 48.5 Å². The van der Waals surface area contributed by atoms with Crippen molar-refractivity contribution < 1.29 is 13.2 Å². The number of hydrogen-bond donors (Lipinski definition) is 0. The molecule has 0 saturated carbocycles. The quantitative estimate of drug-likeness (QED) is 0.572. The molecule has 1 aliphatic rings. The minimum absolute atomic E-state index is 0.179. The fourth-order valence-electron chi connectivity index (χ4n) is 3.42. The Kier molecular flexibility index (Phi) is 6.15. The Bertz CT molecular complexity index is 1020. The second-order valence-electron chi connectivity index (χ2n) is 7.08. The van der Waals surface area contributed by atoms with Gasteiger partial charge in [-0.2, -0.15) is 4.31 Å². The maximum absolute atomic E-state index is 11.9. The summed E-state index contributed by atoms with van der Waals surface area (Å²) in [7, 11) is -3.06. The summed E-state index contributed by atoms with van der Waals surface area (Å²) >= 11 is 1.54. The molecule has 2 heterocycles. The minimum Gasteiger partial charge on any atom is -0.431 e. The van der Waals surface area contributed by atoms with E-state index in [2.05, 4.69) is 22.0 Å². The second-order valence-corrected chi connectivity index (χ2v) is 10.3. The number of para-hydroxylation sites is 1. The molecule has 29 heavy (non-hydrogen) atoms. The van der Waals surface area contributed by atoms with Gasteiger partial charge in [-0.25, -0.2) is 13.4 Å². The van der Waals surface area contributed by atoms with Crippen molar-refractivity contribution in [1.29, 1.82) is 0 Å². The third-order valence-electron chi connectivity index (χ3n) is 5.21. The van der Waals surface area contributed by atoms with Gasteiger partial charge in [-0.15, -0.1) is 0 Å². The van der Waals surface area contributed by atoms with Crippen LogP contribution >= 0.6 is 11.3 Å². The number of benzene rings is 2. The van der Waals surface area contributed by atoms with Crippen LogP contribution in [-0.4, -0.2) is 61.1 Å². The lowest BCUT2D eigenvalue weighted by Crippen LogP contribution is -2.49. The van der Waals surface area contributed by atoms with E-state index < -0.39 is 10.0 Å². The first-order chi connectivity index (χ1) is 14.0. The van der Waals surface area contributed by atoms with Gasteiger partial charge in [0, 0.05) is 32.7 Å². The highest BCUT2D eigenvalue weighted by Gasteiger charge is 2.25. The van der Waals surface area contributed by atoms with E-state index in [1.165, 1.54) is 5.56 Å². The molecule has 0 radical (unpaired) electrons. The number of ether oxygens (including phenoxy) is 1. The molecule has 1 aliphatic heterocycles. The molecule has 0 spiro atoms. The molecule has 4 rings (SSSR count). The van der Waals surface area contributed by atoms with Crippen molar-refractivity contribution in [3.63, 3.8) is 0 Å². The van der Waals surface area contributed by atoms with E-state index in [9.17, 15) is 8.42 Å². The lowest BCUT2D eigenvalue weighted by molar-refractivity contribution is 0.190. The van der Waals surface area contributed by atoms with Crippen molar-refractivity contribution in [3.8, 4) is 10.9 Å². The van der Waals surface area contributed by atoms with E-state index in [4.69, 9.17) is 4.74 Å². The van der Waals surface area contributed by atoms with Crippen LogP contribution in [0.25, 0.3) is 10.2 Å². The van der Waals surface area contributed by atoms with E-state index in [0.717, 1.165) is 42.0 Å². The highest BCUT2D eigenvalue weighted by molar-refractivity contribution is 7.89. The van der Waals surface area contributed by atoms with Gasteiger partial charge in [0.25, 0.3) is 5.19 Å². The van der Waals surface area contributed by atoms with Gasteiger partial charge in [0.1, 0.15) is 5.75 Å². The summed E-state index contributed by atoms with van der Waals surface area (Å²) < 4.78 is 32.5. The third kappa shape index (κ3) is 4.95. The Morgan fingerprint density at radius 1 is 1.03 bits per heavy atom. The fraction of sp³-hybridized carbons (Fsp3) is 0.381. The van der Waals surface area contributed by atoms with E-state index >= 15 is 0 Å². The Hall–Kier alpha value is -2.00. The molecular weight excluding hydrogens is 406 g/mol. The van der Waals surface area contributed by atoms with Crippen molar-refractivity contribution in [2.45, 2.75) is 13.3 Å². The molecule has 1 fully saturated rings. The number of aromatic nitrogens is 1. The highest BCUT2D eigenvalue weighted by atomic mass is 32.2. The monoisotopic (exact) mass is 431 g/mol. The summed E-state index contributed by atoms with van der Waals surface area (Å²) in [6.07, 6.45) is 0.932. The maximum Gasteiger partial charge on any atom is 0.279 e. The SMILES string of the molecule is CCS(=O)(=O)N1CCN(CCc2ccc(Oc3nc4ccccc4s3)cc2)CC1. The molecular formula is C21H25N3O3S2. The minimum atomic E-state index is -3.06.